The molecule has 2 heterocycles. The summed E-state index contributed by atoms with van der Waals surface area (Å²) in [5.74, 6) is 2.41. The van der Waals surface area contributed by atoms with Gasteiger partial charge >= 0.3 is 0 Å². The third-order valence-corrected chi connectivity index (χ3v) is 6.50. The van der Waals surface area contributed by atoms with Crippen molar-refractivity contribution in [2.24, 2.45) is 0 Å². The van der Waals surface area contributed by atoms with Gasteiger partial charge in [-0.25, -0.2) is 0 Å². The SMILES string of the molecule is C=CCC1CCCCCc2c(OC)ccnc2CCCCCCc2c(OC)ccnc21. The zero-order chi connectivity index (χ0) is 21.9. The molecule has 2 aromatic heterocycles. The average molecular weight is 423 g/mol. The van der Waals surface area contributed by atoms with Crippen LogP contribution in [0.25, 0.3) is 0 Å². The lowest BCUT2D eigenvalue weighted by Gasteiger charge is -2.21. The summed E-state index contributed by atoms with van der Waals surface area (Å²) in [5, 5.41) is 0. The largest absolute Gasteiger partial charge is 0.496 e. The van der Waals surface area contributed by atoms with Gasteiger partial charge in [0.05, 0.1) is 19.9 Å². The number of aromatic nitrogens is 2. The third-order valence-electron chi connectivity index (χ3n) is 6.50. The molecule has 31 heavy (non-hydrogen) atoms. The van der Waals surface area contributed by atoms with Crippen molar-refractivity contribution in [3.63, 3.8) is 0 Å². The van der Waals surface area contributed by atoms with Gasteiger partial charge in [0.25, 0.3) is 0 Å². The van der Waals surface area contributed by atoms with Crippen LogP contribution in [0.2, 0.25) is 0 Å². The quantitative estimate of drug-likeness (QED) is 0.520. The molecule has 1 unspecified atom stereocenters. The minimum atomic E-state index is 0.416. The molecular weight excluding hydrogens is 384 g/mol. The molecule has 0 amide bonds. The zero-order valence-electron chi connectivity index (χ0n) is 19.4. The maximum atomic E-state index is 5.72. The molecule has 0 aromatic carbocycles. The summed E-state index contributed by atoms with van der Waals surface area (Å²) < 4.78 is 11.4. The molecule has 1 aliphatic carbocycles. The smallest absolute Gasteiger partial charge is 0.125 e. The highest BCUT2D eigenvalue weighted by molar-refractivity contribution is 5.38. The van der Waals surface area contributed by atoms with E-state index < -0.39 is 0 Å². The molecule has 0 aliphatic heterocycles. The molecule has 0 fully saturated rings. The Kier molecular flexibility index (Phi) is 9.39. The van der Waals surface area contributed by atoms with E-state index in [9.17, 15) is 0 Å². The predicted molar refractivity (Wildman–Crippen MR) is 127 cm³/mol. The normalized spacial score (nSPS) is 18.5. The number of aryl methyl sites for hydroxylation is 1. The van der Waals surface area contributed by atoms with Crippen LogP contribution in [-0.4, -0.2) is 24.2 Å². The van der Waals surface area contributed by atoms with Crippen LogP contribution in [-0.2, 0) is 19.3 Å². The molecule has 0 saturated carbocycles. The van der Waals surface area contributed by atoms with Gasteiger partial charge in [0.15, 0.2) is 0 Å². The van der Waals surface area contributed by atoms with E-state index in [1.54, 1.807) is 14.2 Å². The van der Waals surface area contributed by atoms with E-state index in [1.165, 1.54) is 54.6 Å². The van der Waals surface area contributed by atoms with Crippen molar-refractivity contribution < 1.29 is 9.47 Å². The summed E-state index contributed by atoms with van der Waals surface area (Å²) in [6.45, 7) is 4.01. The van der Waals surface area contributed by atoms with Crippen molar-refractivity contribution >= 4 is 0 Å². The number of methoxy groups -OCH3 is 2. The van der Waals surface area contributed by atoms with Crippen molar-refractivity contribution in [2.45, 2.75) is 83.0 Å². The summed E-state index contributed by atoms with van der Waals surface area (Å²) in [4.78, 5) is 9.54. The number of rotatable bonds is 4. The fraction of sp³-hybridized carbons (Fsp3) is 0.556. The number of hydrogen-bond donors (Lipinski definition) is 0. The number of nitrogens with zero attached hydrogens (tertiary/aromatic N) is 2. The number of allylic oxidation sites excluding steroid dienone is 1. The molecule has 0 N–H and O–H groups in total. The third kappa shape index (κ3) is 6.32. The van der Waals surface area contributed by atoms with E-state index in [1.807, 2.05) is 30.6 Å². The molecule has 1 atom stereocenters. The Bertz CT molecular complexity index is 834. The fourth-order valence-corrected chi connectivity index (χ4v) is 4.86. The summed E-state index contributed by atoms with van der Waals surface area (Å²) in [6, 6.07) is 4.02. The van der Waals surface area contributed by atoms with Crippen molar-refractivity contribution in [2.75, 3.05) is 14.2 Å². The highest BCUT2D eigenvalue weighted by Gasteiger charge is 2.19. The second-order valence-corrected chi connectivity index (χ2v) is 8.55. The Morgan fingerprint density at radius 2 is 1.45 bits per heavy atom. The number of pyridine rings is 2. The number of ether oxygens (including phenoxy) is 2. The van der Waals surface area contributed by atoms with E-state index in [0.717, 1.165) is 56.4 Å². The lowest BCUT2D eigenvalue weighted by atomic mass is 9.88. The van der Waals surface area contributed by atoms with Gasteiger partial charge in [-0.2, -0.15) is 0 Å². The van der Waals surface area contributed by atoms with Gasteiger partial charge in [-0.1, -0.05) is 31.8 Å². The lowest BCUT2D eigenvalue weighted by molar-refractivity contribution is 0.404. The molecule has 4 heteroatoms. The highest BCUT2D eigenvalue weighted by atomic mass is 16.5. The molecular formula is C27H38N2O2. The molecule has 168 valence electrons. The molecule has 1 aliphatic rings. The summed E-state index contributed by atoms with van der Waals surface area (Å²) in [5.41, 5.74) is 5.08. The highest BCUT2D eigenvalue weighted by Crippen LogP contribution is 2.34. The van der Waals surface area contributed by atoms with Gasteiger partial charge in [0, 0.05) is 35.1 Å². The van der Waals surface area contributed by atoms with Crippen LogP contribution >= 0.6 is 0 Å². The van der Waals surface area contributed by atoms with Gasteiger partial charge in [0.1, 0.15) is 11.5 Å². The Balaban J connectivity index is 1.79. The second-order valence-electron chi connectivity index (χ2n) is 8.55. The van der Waals surface area contributed by atoms with Crippen molar-refractivity contribution in [1.29, 1.82) is 0 Å². The fourth-order valence-electron chi connectivity index (χ4n) is 4.86. The first kappa shape index (κ1) is 23.3. The van der Waals surface area contributed by atoms with E-state index in [0.29, 0.717) is 5.92 Å². The van der Waals surface area contributed by atoms with Gasteiger partial charge < -0.3 is 9.47 Å². The first-order valence-corrected chi connectivity index (χ1v) is 11.9. The molecule has 4 nitrogen and oxygen atoms in total. The van der Waals surface area contributed by atoms with Crippen molar-refractivity contribution in [3.05, 3.63) is 59.7 Å². The molecule has 3 rings (SSSR count). The van der Waals surface area contributed by atoms with Gasteiger partial charge in [-0.3, -0.25) is 9.97 Å². The number of fused-ring (bicyclic) bond motifs is 2. The zero-order valence-corrected chi connectivity index (χ0v) is 19.4. The van der Waals surface area contributed by atoms with E-state index >= 15 is 0 Å². The number of hydrogen-bond acceptors (Lipinski definition) is 4. The summed E-state index contributed by atoms with van der Waals surface area (Å²) in [6.07, 6.45) is 19.4. The van der Waals surface area contributed by atoms with Crippen molar-refractivity contribution in [1.82, 2.24) is 9.97 Å². The van der Waals surface area contributed by atoms with Crippen LogP contribution in [0, 0.1) is 0 Å². The van der Waals surface area contributed by atoms with Gasteiger partial charge in [-0.15, -0.1) is 6.58 Å². The topological polar surface area (TPSA) is 44.2 Å². The van der Waals surface area contributed by atoms with Gasteiger partial charge in [-0.05, 0) is 63.5 Å². The molecule has 0 bridgehead atoms. The first-order valence-electron chi connectivity index (χ1n) is 11.9. The Hall–Kier alpha value is -2.36. The van der Waals surface area contributed by atoms with Crippen LogP contribution in [0.15, 0.2) is 37.2 Å². The van der Waals surface area contributed by atoms with Crippen LogP contribution in [0.5, 0.6) is 11.5 Å². The monoisotopic (exact) mass is 422 g/mol. The van der Waals surface area contributed by atoms with Gasteiger partial charge in [0.2, 0.25) is 0 Å². The van der Waals surface area contributed by atoms with E-state index in [4.69, 9.17) is 19.4 Å². The van der Waals surface area contributed by atoms with Crippen molar-refractivity contribution in [3.8, 4) is 11.5 Å². The molecule has 0 saturated heterocycles. The maximum Gasteiger partial charge on any atom is 0.125 e. The van der Waals surface area contributed by atoms with Crippen LogP contribution < -0.4 is 9.47 Å². The molecule has 0 spiro atoms. The minimum absolute atomic E-state index is 0.416. The molecule has 2 aromatic rings. The minimum Gasteiger partial charge on any atom is -0.496 e. The van der Waals surface area contributed by atoms with Crippen LogP contribution in [0.3, 0.4) is 0 Å². The predicted octanol–water partition coefficient (Wildman–Crippen LogP) is 6.62. The average Bonchev–Trinajstić information content (AvgIpc) is 2.80. The van der Waals surface area contributed by atoms with E-state index in [2.05, 4.69) is 6.58 Å². The second kappa shape index (κ2) is 12.5. The maximum absolute atomic E-state index is 5.72. The Labute approximate surface area is 188 Å². The Morgan fingerprint density at radius 1 is 0.839 bits per heavy atom. The molecule has 0 radical (unpaired) electrons. The lowest BCUT2D eigenvalue weighted by Crippen LogP contribution is -2.08. The Morgan fingerprint density at radius 3 is 2.16 bits per heavy atom. The summed E-state index contributed by atoms with van der Waals surface area (Å²) in [7, 11) is 3.54. The standard InChI is InChI=1S/C27H38N2O2/c1-4-12-21-13-8-7-10-14-22-24(28-19-17-25(22)30-2)16-11-6-5-9-15-23-26(31-3)18-20-29-27(21)23/h4,17-21H,1,5-16H2,2-3H3. The van der Waals surface area contributed by atoms with Crippen LogP contribution in [0.4, 0.5) is 0 Å². The first-order chi connectivity index (χ1) is 15.3. The van der Waals surface area contributed by atoms with E-state index in [-0.39, 0.29) is 0 Å². The van der Waals surface area contributed by atoms with Crippen LogP contribution in [0.1, 0.15) is 86.2 Å². The summed E-state index contributed by atoms with van der Waals surface area (Å²) >= 11 is 0.